The Morgan fingerprint density at radius 2 is 2.11 bits per heavy atom. The van der Waals surface area contributed by atoms with Crippen LogP contribution in [0, 0.1) is 4.77 Å². The molecule has 0 bridgehead atoms. The summed E-state index contributed by atoms with van der Waals surface area (Å²) in [5.74, 6) is -0.0935. The second-order valence-corrected chi connectivity index (χ2v) is 7.39. The molecule has 27 heavy (non-hydrogen) atoms. The molecule has 1 aromatic heterocycles. The number of aromatic amines is 1. The van der Waals surface area contributed by atoms with Crippen molar-refractivity contribution in [3.8, 4) is 0 Å². The van der Waals surface area contributed by atoms with Gasteiger partial charge in [0.05, 0.1) is 10.9 Å². The normalized spacial score (nSPS) is 15.1. The van der Waals surface area contributed by atoms with E-state index in [0.717, 1.165) is 19.3 Å². The maximum absolute atomic E-state index is 12.7. The van der Waals surface area contributed by atoms with E-state index in [9.17, 15) is 9.59 Å². The molecule has 1 aromatic carbocycles. The van der Waals surface area contributed by atoms with Crippen LogP contribution >= 0.6 is 12.2 Å². The largest absolute Gasteiger partial charge is 0.382 e. The number of aromatic nitrogens is 2. The zero-order valence-electron chi connectivity index (χ0n) is 15.8. The topological polar surface area (TPSA) is 76.1 Å². The molecule has 0 aliphatic heterocycles. The molecule has 1 saturated carbocycles. The van der Waals surface area contributed by atoms with Gasteiger partial charge in [-0.25, -0.2) is 0 Å². The number of benzene rings is 1. The fraction of sp³-hybridized carbons (Fsp3) is 0.550. The first kappa shape index (κ1) is 19.8. The summed E-state index contributed by atoms with van der Waals surface area (Å²) in [6.45, 7) is 3.70. The van der Waals surface area contributed by atoms with Crippen LogP contribution in [0.5, 0.6) is 0 Å². The van der Waals surface area contributed by atoms with Crippen molar-refractivity contribution in [3.63, 3.8) is 0 Å². The van der Waals surface area contributed by atoms with Crippen LogP contribution in [0.2, 0.25) is 0 Å². The van der Waals surface area contributed by atoms with E-state index in [1.165, 1.54) is 19.3 Å². The predicted octanol–water partition coefficient (Wildman–Crippen LogP) is 3.55. The fourth-order valence-corrected chi connectivity index (χ4v) is 3.87. The number of carbonyl (C=O) groups excluding carboxylic acids is 1. The number of hydrogen-bond acceptors (Lipinski definition) is 4. The molecular formula is C20H27N3O3S. The molecule has 2 N–H and O–H groups in total. The maximum atomic E-state index is 12.7. The molecular weight excluding hydrogens is 362 g/mol. The summed E-state index contributed by atoms with van der Waals surface area (Å²) in [5.41, 5.74) is 1.01. The van der Waals surface area contributed by atoms with Gasteiger partial charge in [0.1, 0.15) is 0 Å². The molecule has 7 heteroatoms. The first-order chi connectivity index (χ1) is 13.1. The van der Waals surface area contributed by atoms with E-state index < -0.39 is 0 Å². The average molecular weight is 390 g/mol. The molecule has 2 aromatic rings. The number of nitrogens with zero attached hydrogens (tertiary/aromatic N) is 1. The molecule has 1 aliphatic rings. The van der Waals surface area contributed by atoms with Crippen molar-refractivity contribution >= 4 is 29.0 Å². The van der Waals surface area contributed by atoms with Gasteiger partial charge in [-0.2, -0.15) is 0 Å². The Morgan fingerprint density at radius 1 is 1.33 bits per heavy atom. The molecule has 1 heterocycles. The smallest absolute Gasteiger partial charge is 0.262 e. The minimum atomic E-state index is -0.135. The van der Waals surface area contributed by atoms with Crippen molar-refractivity contribution in [3.05, 3.63) is 38.9 Å². The van der Waals surface area contributed by atoms with Gasteiger partial charge >= 0.3 is 0 Å². The van der Waals surface area contributed by atoms with Gasteiger partial charge in [0.25, 0.3) is 11.5 Å². The minimum Gasteiger partial charge on any atom is -0.382 e. The lowest BCUT2D eigenvalue weighted by Crippen LogP contribution is -2.36. The molecule has 0 radical (unpaired) electrons. The van der Waals surface area contributed by atoms with E-state index in [4.69, 9.17) is 17.0 Å². The number of ether oxygens (including phenoxy) is 1. The Balaban J connectivity index is 1.80. The van der Waals surface area contributed by atoms with Crippen LogP contribution in [0.4, 0.5) is 0 Å². The van der Waals surface area contributed by atoms with Crippen molar-refractivity contribution in [1.29, 1.82) is 0 Å². The molecule has 0 unspecified atom stereocenters. The predicted molar refractivity (Wildman–Crippen MR) is 109 cm³/mol. The van der Waals surface area contributed by atoms with E-state index in [0.29, 0.717) is 41.0 Å². The van der Waals surface area contributed by atoms with Gasteiger partial charge in [0.15, 0.2) is 4.77 Å². The second kappa shape index (κ2) is 9.28. The summed E-state index contributed by atoms with van der Waals surface area (Å²) >= 11 is 5.35. The lowest BCUT2D eigenvalue weighted by atomic mass is 9.95. The lowest BCUT2D eigenvalue weighted by molar-refractivity contribution is 0.0928. The molecule has 6 nitrogen and oxygen atoms in total. The van der Waals surface area contributed by atoms with Crippen molar-refractivity contribution in [2.75, 3.05) is 13.2 Å². The number of carbonyl (C=O) groups is 1. The zero-order valence-corrected chi connectivity index (χ0v) is 16.6. The Kier molecular flexibility index (Phi) is 6.79. The summed E-state index contributed by atoms with van der Waals surface area (Å²) in [6.07, 6.45) is 6.37. The van der Waals surface area contributed by atoms with Gasteiger partial charge in [-0.1, -0.05) is 19.3 Å². The summed E-state index contributed by atoms with van der Waals surface area (Å²) in [7, 11) is 0. The number of nitrogens with one attached hydrogen (secondary N) is 2. The van der Waals surface area contributed by atoms with E-state index in [1.54, 1.807) is 22.8 Å². The SMILES string of the molecule is CCOCCCn1c(=S)[nH]c2cc(C(=O)NC3CCCCC3)ccc2c1=O. The van der Waals surface area contributed by atoms with E-state index in [1.807, 2.05) is 6.92 Å². The van der Waals surface area contributed by atoms with Gasteiger partial charge in [0.2, 0.25) is 0 Å². The Morgan fingerprint density at radius 3 is 2.85 bits per heavy atom. The van der Waals surface area contributed by atoms with Crippen LogP contribution in [0.25, 0.3) is 10.9 Å². The van der Waals surface area contributed by atoms with Gasteiger partial charge in [-0.15, -0.1) is 0 Å². The van der Waals surface area contributed by atoms with Gasteiger partial charge in [-0.3, -0.25) is 14.2 Å². The first-order valence-corrected chi connectivity index (χ1v) is 10.2. The monoisotopic (exact) mass is 389 g/mol. The molecule has 146 valence electrons. The highest BCUT2D eigenvalue weighted by Crippen LogP contribution is 2.18. The molecule has 0 atom stereocenters. The number of fused-ring (bicyclic) bond motifs is 1. The van der Waals surface area contributed by atoms with Gasteiger partial charge in [0, 0.05) is 31.4 Å². The highest BCUT2D eigenvalue weighted by molar-refractivity contribution is 7.71. The fourth-order valence-electron chi connectivity index (χ4n) is 3.58. The summed E-state index contributed by atoms with van der Waals surface area (Å²) in [5, 5.41) is 3.64. The van der Waals surface area contributed by atoms with Crippen LogP contribution in [0.15, 0.2) is 23.0 Å². The van der Waals surface area contributed by atoms with Crippen molar-refractivity contribution in [1.82, 2.24) is 14.9 Å². The van der Waals surface area contributed by atoms with Crippen LogP contribution in [-0.2, 0) is 11.3 Å². The van der Waals surface area contributed by atoms with Crippen LogP contribution in [0.3, 0.4) is 0 Å². The molecule has 1 amide bonds. The van der Waals surface area contributed by atoms with Crippen molar-refractivity contribution in [2.24, 2.45) is 0 Å². The Labute approximate surface area is 163 Å². The summed E-state index contributed by atoms with van der Waals surface area (Å²) < 4.78 is 7.25. The van der Waals surface area contributed by atoms with Crippen LogP contribution in [-0.4, -0.2) is 34.7 Å². The van der Waals surface area contributed by atoms with Gasteiger partial charge in [-0.05, 0) is 56.6 Å². The molecule has 0 spiro atoms. The number of hydrogen-bond donors (Lipinski definition) is 2. The lowest BCUT2D eigenvalue weighted by Gasteiger charge is -2.22. The van der Waals surface area contributed by atoms with Crippen molar-refractivity contribution in [2.45, 2.75) is 58.0 Å². The van der Waals surface area contributed by atoms with E-state index in [2.05, 4.69) is 10.3 Å². The standard InChI is InChI=1S/C20H27N3O3S/c1-2-26-12-6-11-23-19(25)16-10-9-14(13-17(16)22-20(23)27)18(24)21-15-7-4-3-5-8-15/h9-10,13,15H,2-8,11-12H2,1H3,(H,21,24)(H,22,27). The van der Waals surface area contributed by atoms with E-state index in [-0.39, 0.29) is 17.5 Å². The number of H-pyrrole nitrogens is 1. The first-order valence-electron chi connectivity index (χ1n) is 9.75. The Bertz CT molecular complexity index is 913. The van der Waals surface area contributed by atoms with Crippen LogP contribution < -0.4 is 10.9 Å². The number of rotatable bonds is 7. The highest BCUT2D eigenvalue weighted by atomic mass is 32.1. The molecule has 1 fully saturated rings. The zero-order chi connectivity index (χ0) is 19.2. The second-order valence-electron chi connectivity index (χ2n) is 7.01. The summed E-state index contributed by atoms with van der Waals surface area (Å²) in [4.78, 5) is 28.4. The number of amides is 1. The average Bonchev–Trinajstić information content (AvgIpc) is 2.67. The third-order valence-electron chi connectivity index (χ3n) is 5.06. The van der Waals surface area contributed by atoms with Crippen molar-refractivity contribution < 1.29 is 9.53 Å². The molecule has 1 aliphatic carbocycles. The summed E-state index contributed by atoms with van der Waals surface area (Å²) in [6, 6.07) is 5.38. The highest BCUT2D eigenvalue weighted by Gasteiger charge is 2.17. The van der Waals surface area contributed by atoms with Gasteiger partial charge < -0.3 is 15.0 Å². The molecule has 0 saturated heterocycles. The van der Waals surface area contributed by atoms with Crippen LogP contribution in [0.1, 0.15) is 55.8 Å². The third kappa shape index (κ3) is 4.84. The molecule has 3 rings (SSSR count). The third-order valence-corrected chi connectivity index (χ3v) is 5.38. The van der Waals surface area contributed by atoms with E-state index >= 15 is 0 Å². The Hall–Kier alpha value is -1.99. The maximum Gasteiger partial charge on any atom is 0.262 e. The minimum absolute atomic E-state index is 0.0935. The quantitative estimate of drug-likeness (QED) is 0.561.